The monoisotopic (exact) mass is 255 g/mol. The second kappa shape index (κ2) is 5.02. The Kier molecular flexibility index (Phi) is 3.61. The van der Waals surface area contributed by atoms with Gasteiger partial charge in [0.1, 0.15) is 0 Å². The average Bonchev–Trinajstić information content (AvgIpc) is 2.81. The van der Waals surface area contributed by atoms with Crippen LogP contribution in [0.3, 0.4) is 0 Å². The van der Waals surface area contributed by atoms with E-state index in [1.54, 1.807) is 0 Å². The first kappa shape index (κ1) is 13.0. The fourth-order valence-corrected chi connectivity index (χ4v) is 2.36. The lowest BCUT2D eigenvalue weighted by Crippen LogP contribution is -2.49. The number of carbonyl (C=O) groups is 1. The molecule has 2 rings (SSSR count). The molecular weight excluding hydrogens is 240 g/mol. The lowest BCUT2D eigenvalue weighted by Gasteiger charge is -2.28. The quantitative estimate of drug-likeness (QED) is 0.868. The predicted octanol–water partition coefficient (Wildman–Crippen LogP) is 2.00. The van der Waals surface area contributed by atoms with Crippen molar-refractivity contribution in [3.63, 3.8) is 0 Å². The van der Waals surface area contributed by atoms with Gasteiger partial charge in [-0.1, -0.05) is 18.9 Å². The molecule has 0 heterocycles. The molecule has 1 aromatic carbocycles. The topological polar surface area (TPSA) is 49.3 Å². The summed E-state index contributed by atoms with van der Waals surface area (Å²) in [5.74, 6) is -2.88. The first-order valence-electron chi connectivity index (χ1n) is 5.95. The van der Waals surface area contributed by atoms with Crippen LogP contribution in [0.15, 0.2) is 18.2 Å². The van der Waals surface area contributed by atoms with Crippen LogP contribution in [-0.4, -0.2) is 23.2 Å². The number of hydrogen-bond acceptors (Lipinski definition) is 2. The van der Waals surface area contributed by atoms with E-state index in [0.717, 1.165) is 18.9 Å². The minimum Gasteiger partial charge on any atom is -0.394 e. The summed E-state index contributed by atoms with van der Waals surface area (Å²) < 4.78 is 26.5. The van der Waals surface area contributed by atoms with E-state index in [-0.39, 0.29) is 12.2 Å². The molecule has 0 unspecified atom stereocenters. The minimum absolute atomic E-state index is 0.185. The van der Waals surface area contributed by atoms with Crippen molar-refractivity contribution in [1.29, 1.82) is 0 Å². The Bertz CT molecular complexity index is 456. The first-order chi connectivity index (χ1) is 8.58. The van der Waals surface area contributed by atoms with Crippen LogP contribution in [0.5, 0.6) is 0 Å². The van der Waals surface area contributed by atoms with Gasteiger partial charge in [-0.05, 0) is 25.0 Å². The summed E-state index contributed by atoms with van der Waals surface area (Å²) >= 11 is 0. The number of rotatable bonds is 3. The standard InChI is InChI=1S/C13H15F2NO2/c14-10-5-3-4-9(11(10)15)12(18)16-13(8-17)6-1-2-7-13/h3-5,17H,1-2,6-8H2,(H,16,18). The molecule has 0 atom stereocenters. The number of aliphatic hydroxyl groups is 1. The number of benzene rings is 1. The van der Waals surface area contributed by atoms with Crippen molar-refractivity contribution in [1.82, 2.24) is 5.32 Å². The Morgan fingerprint density at radius 3 is 2.61 bits per heavy atom. The molecule has 1 saturated carbocycles. The van der Waals surface area contributed by atoms with E-state index >= 15 is 0 Å². The summed E-state index contributed by atoms with van der Waals surface area (Å²) in [6.45, 7) is -0.185. The Hall–Kier alpha value is -1.49. The maximum atomic E-state index is 13.5. The van der Waals surface area contributed by atoms with Gasteiger partial charge in [-0.15, -0.1) is 0 Å². The molecule has 0 aromatic heterocycles. The zero-order chi connectivity index (χ0) is 13.2. The third-order valence-corrected chi connectivity index (χ3v) is 3.44. The molecule has 0 aliphatic heterocycles. The third kappa shape index (κ3) is 2.36. The van der Waals surface area contributed by atoms with Crippen LogP contribution in [0.2, 0.25) is 0 Å². The van der Waals surface area contributed by atoms with Gasteiger partial charge in [-0.25, -0.2) is 8.78 Å². The van der Waals surface area contributed by atoms with E-state index in [2.05, 4.69) is 5.32 Å². The van der Waals surface area contributed by atoms with Crippen LogP contribution in [0, 0.1) is 11.6 Å². The van der Waals surface area contributed by atoms with E-state index < -0.39 is 23.1 Å². The minimum atomic E-state index is -1.15. The fraction of sp³-hybridized carbons (Fsp3) is 0.462. The largest absolute Gasteiger partial charge is 0.394 e. The van der Waals surface area contributed by atoms with Gasteiger partial charge in [0.2, 0.25) is 0 Å². The van der Waals surface area contributed by atoms with Crippen LogP contribution < -0.4 is 5.32 Å². The van der Waals surface area contributed by atoms with Gasteiger partial charge >= 0.3 is 0 Å². The predicted molar refractivity (Wildman–Crippen MR) is 62.1 cm³/mol. The second-order valence-corrected chi connectivity index (χ2v) is 4.70. The maximum Gasteiger partial charge on any atom is 0.254 e. The average molecular weight is 255 g/mol. The third-order valence-electron chi connectivity index (χ3n) is 3.44. The lowest BCUT2D eigenvalue weighted by molar-refractivity contribution is 0.0833. The van der Waals surface area contributed by atoms with Crippen molar-refractivity contribution in [2.24, 2.45) is 0 Å². The summed E-state index contributed by atoms with van der Waals surface area (Å²) in [4.78, 5) is 11.9. The first-order valence-corrected chi connectivity index (χ1v) is 5.95. The summed E-state index contributed by atoms with van der Waals surface area (Å²) in [6, 6.07) is 3.48. The van der Waals surface area contributed by atoms with E-state index in [4.69, 9.17) is 0 Å². The Labute approximate surface area is 104 Å². The molecule has 1 aliphatic rings. The second-order valence-electron chi connectivity index (χ2n) is 4.70. The number of hydrogen-bond donors (Lipinski definition) is 2. The van der Waals surface area contributed by atoms with Crippen LogP contribution in [0.4, 0.5) is 8.78 Å². The molecule has 0 radical (unpaired) electrons. The van der Waals surface area contributed by atoms with Crippen LogP contribution >= 0.6 is 0 Å². The zero-order valence-electron chi connectivity index (χ0n) is 9.88. The molecule has 98 valence electrons. The van der Waals surface area contributed by atoms with Crippen molar-refractivity contribution >= 4 is 5.91 Å². The molecule has 1 fully saturated rings. The molecule has 1 amide bonds. The van der Waals surface area contributed by atoms with Gasteiger partial charge in [0.25, 0.3) is 5.91 Å². The van der Waals surface area contributed by atoms with Crippen LogP contribution in [0.1, 0.15) is 36.0 Å². The Balaban J connectivity index is 2.19. The molecule has 0 spiro atoms. The van der Waals surface area contributed by atoms with E-state index in [1.807, 2.05) is 0 Å². The molecule has 0 saturated heterocycles. The van der Waals surface area contributed by atoms with E-state index in [0.29, 0.717) is 12.8 Å². The molecule has 3 nitrogen and oxygen atoms in total. The highest BCUT2D eigenvalue weighted by Crippen LogP contribution is 2.29. The van der Waals surface area contributed by atoms with Crippen molar-refractivity contribution < 1.29 is 18.7 Å². The Morgan fingerprint density at radius 1 is 1.33 bits per heavy atom. The number of amides is 1. The SMILES string of the molecule is O=C(NC1(CO)CCCC1)c1cccc(F)c1F. The smallest absolute Gasteiger partial charge is 0.254 e. The van der Waals surface area contributed by atoms with Gasteiger partial charge in [0.15, 0.2) is 11.6 Å². The highest BCUT2D eigenvalue weighted by molar-refractivity contribution is 5.95. The number of nitrogens with one attached hydrogen (secondary N) is 1. The van der Waals surface area contributed by atoms with Gasteiger partial charge in [-0.3, -0.25) is 4.79 Å². The van der Waals surface area contributed by atoms with Gasteiger partial charge in [0.05, 0.1) is 17.7 Å². The zero-order valence-corrected chi connectivity index (χ0v) is 9.88. The molecule has 5 heteroatoms. The molecule has 1 aliphatic carbocycles. The summed E-state index contributed by atoms with van der Waals surface area (Å²) in [7, 11) is 0. The van der Waals surface area contributed by atoms with Crippen molar-refractivity contribution in [2.75, 3.05) is 6.61 Å². The lowest BCUT2D eigenvalue weighted by atomic mass is 9.98. The molecule has 0 bridgehead atoms. The van der Waals surface area contributed by atoms with Gasteiger partial charge in [-0.2, -0.15) is 0 Å². The van der Waals surface area contributed by atoms with Crippen LogP contribution in [0.25, 0.3) is 0 Å². The van der Waals surface area contributed by atoms with Crippen molar-refractivity contribution in [3.05, 3.63) is 35.4 Å². The Morgan fingerprint density at radius 2 is 2.00 bits per heavy atom. The molecular formula is C13H15F2NO2. The summed E-state index contributed by atoms with van der Waals surface area (Å²) in [6.07, 6.45) is 3.14. The molecule has 2 N–H and O–H groups in total. The normalized spacial score (nSPS) is 17.7. The molecule has 18 heavy (non-hydrogen) atoms. The number of aliphatic hydroxyl groups excluding tert-OH is 1. The highest BCUT2D eigenvalue weighted by atomic mass is 19.2. The van der Waals surface area contributed by atoms with E-state index in [1.165, 1.54) is 12.1 Å². The van der Waals surface area contributed by atoms with E-state index in [9.17, 15) is 18.7 Å². The van der Waals surface area contributed by atoms with Gasteiger partial charge in [0, 0.05) is 0 Å². The van der Waals surface area contributed by atoms with Gasteiger partial charge < -0.3 is 10.4 Å². The maximum absolute atomic E-state index is 13.5. The highest BCUT2D eigenvalue weighted by Gasteiger charge is 2.35. The van der Waals surface area contributed by atoms with Crippen LogP contribution in [-0.2, 0) is 0 Å². The van der Waals surface area contributed by atoms with Crippen molar-refractivity contribution in [2.45, 2.75) is 31.2 Å². The van der Waals surface area contributed by atoms with Crippen molar-refractivity contribution in [3.8, 4) is 0 Å². The molecule has 1 aromatic rings. The summed E-state index contributed by atoms with van der Waals surface area (Å²) in [5.41, 5.74) is -1.01. The fourth-order valence-electron chi connectivity index (χ4n) is 2.36. The number of halogens is 2. The number of carbonyl (C=O) groups excluding carboxylic acids is 1. The summed E-state index contributed by atoms with van der Waals surface area (Å²) in [5, 5.41) is 12.0.